The molecule has 0 saturated heterocycles. The lowest BCUT2D eigenvalue weighted by atomic mass is 9.91. The first-order valence-corrected chi connectivity index (χ1v) is 9.67. The van der Waals surface area contributed by atoms with E-state index in [1.165, 1.54) is 0 Å². The first kappa shape index (κ1) is 34.6. The summed E-state index contributed by atoms with van der Waals surface area (Å²) in [4.78, 5) is 35.4. The van der Waals surface area contributed by atoms with Gasteiger partial charge in [0.15, 0.2) is 0 Å². The van der Waals surface area contributed by atoms with Crippen LogP contribution in [0, 0.1) is 11.8 Å². The van der Waals surface area contributed by atoms with Gasteiger partial charge in [0.05, 0.1) is 7.11 Å². The van der Waals surface area contributed by atoms with E-state index in [0.29, 0.717) is 7.05 Å². The SMILES string of the molecule is COC(=O)[C@](OC(=O)C(C(F)(F)F)C(F)(F)F)(c1ccc(N(C)C(=O)C(C(F)(F)F)C(F)(F)F)cc1)C(F)(F)F. The Morgan fingerprint density at radius 1 is 0.675 bits per heavy atom. The zero-order valence-electron chi connectivity index (χ0n) is 19.1. The van der Waals surface area contributed by atoms with Crippen molar-refractivity contribution in [3.05, 3.63) is 29.8 Å². The standard InChI is InChI=1S/C19H12F15NO5/c1-35(11(36)9(15(20,21)22)16(23,24)25)8-5-3-7(4-6-8)14(13(38)39-2,19(32,33)34)40-12(37)10(17(26,27)28)18(29,30)31/h3-6,9-10H,1-2H3/t14-/m1/s1. The molecule has 0 radical (unpaired) electrons. The molecule has 0 N–H and O–H groups in total. The summed E-state index contributed by atoms with van der Waals surface area (Å²) in [6.07, 6.45) is -31.9. The van der Waals surface area contributed by atoms with Crippen LogP contribution < -0.4 is 4.90 Å². The number of rotatable bonds is 6. The first-order valence-electron chi connectivity index (χ1n) is 9.67. The minimum atomic E-state index is -6.58. The van der Waals surface area contributed by atoms with Crippen LogP contribution in [0.25, 0.3) is 0 Å². The van der Waals surface area contributed by atoms with E-state index in [2.05, 4.69) is 9.47 Å². The molecule has 1 aromatic rings. The van der Waals surface area contributed by atoms with Crippen molar-refractivity contribution in [2.45, 2.75) is 36.5 Å². The first-order chi connectivity index (χ1) is 17.6. The highest BCUT2D eigenvalue weighted by Gasteiger charge is 2.70. The van der Waals surface area contributed by atoms with Crippen molar-refractivity contribution in [2.24, 2.45) is 11.8 Å². The van der Waals surface area contributed by atoms with E-state index in [-0.39, 0.29) is 36.3 Å². The third kappa shape index (κ3) is 7.01. The minimum absolute atomic E-state index is 0.0802. The van der Waals surface area contributed by atoms with E-state index in [4.69, 9.17) is 0 Å². The molecule has 0 aromatic heterocycles. The molecule has 21 heteroatoms. The summed E-state index contributed by atoms with van der Waals surface area (Å²) in [5, 5.41) is 0. The second-order valence-corrected chi connectivity index (χ2v) is 7.57. The molecule has 0 aliphatic heterocycles. The lowest BCUT2D eigenvalue weighted by molar-refractivity contribution is -0.307. The summed E-state index contributed by atoms with van der Waals surface area (Å²) >= 11 is 0. The molecule has 0 unspecified atom stereocenters. The molecule has 1 atom stereocenters. The Labute approximate surface area is 211 Å². The maximum atomic E-state index is 14.0. The van der Waals surface area contributed by atoms with Crippen LogP contribution in [0.3, 0.4) is 0 Å². The number of hydrogen-bond donors (Lipinski definition) is 0. The number of nitrogens with zero attached hydrogens (tertiary/aromatic N) is 1. The molecule has 1 amide bonds. The van der Waals surface area contributed by atoms with Crippen molar-refractivity contribution in [1.29, 1.82) is 0 Å². The van der Waals surface area contributed by atoms with Crippen molar-refractivity contribution in [3.63, 3.8) is 0 Å². The fourth-order valence-corrected chi connectivity index (χ4v) is 3.07. The average molecular weight is 619 g/mol. The van der Waals surface area contributed by atoms with Crippen molar-refractivity contribution < 1.29 is 89.7 Å². The number of carbonyl (C=O) groups is 3. The van der Waals surface area contributed by atoms with E-state index in [1.54, 1.807) is 0 Å². The predicted molar refractivity (Wildman–Crippen MR) is 96.9 cm³/mol. The van der Waals surface area contributed by atoms with Gasteiger partial charge < -0.3 is 14.4 Å². The number of methoxy groups -OCH3 is 1. The number of amides is 1. The molecule has 0 spiro atoms. The van der Waals surface area contributed by atoms with Crippen LogP contribution in [0.2, 0.25) is 0 Å². The maximum absolute atomic E-state index is 14.0. The molecular weight excluding hydrogens is 607 g/mol. The van der Waals surface area contributed by atoms with Gasteiger partial charge in [-0.1, -0.05) is 12.1 Å². The smallest absolute Gasteiger partial charge is 0.444 e. The summed E-state index contributed by atoms with van der Waals surface area (Å²) in [5.41, 5.74) is -7.91. The monoisotopic (exact) mass is 619 g/mol. The molecule has 0 fully saturated rings. The lowest BCUT2D eigenvalue weighted by Crippen LogP contribution is -2.56. The van der Waals surface area contributed by atoms with E-state index < -0.39 is 77.4 Å². The highest BCUT2D eigenvalue weighted by atomic mass is 19.4. The maximum Gasteiger partial charge on any atom is 0.444 e. The summed E-state index contributed by atoms with van der Waals surface area (Å²) in [5.74, 6) is -19.0. The van der Waals surface area contributed by atoms with Crippen molar-refractivity contribution in [3.8, 4) is 0 Å². The largest absolute Gasteiger partial charge is 0.466 e. The summed E-state index contributed by atoms with van der Waals surface area (Å²) in [6, 6.07) is 0.0883. The number of hydrogen-bond acceptors (Lipinski definition) is 5. The molecule has 0 aliphatic carbocycles. The van der Waals surface area contributed by atoms with Gasteiger partial charge in [-0.25, -0.2) is 4.79 Å². The second kappa shape index (κ2) is 10.9. The van der Waals surface area contributed by atoms with Gasteiger partial charge in [0.2, 0.25) is 17.7 Å². The van der Waals surface area contributed by atoms with Crippen LogP contribution in [-0.2, 0) is 29.5 Å². The van der Waals surface area contributed by atoms with Crippen molar-refractivity contribution in [1.82, 2.24) is 0 Å². The molecule has 1 rings (SSSR count). The van der Waals surface area contributed by atoms with Gasteiger partial charge in [-0.15, -0.1) is 0 Å². The summed E-state index contributed by atoms with van der Waals surface area (Å²) in [6.45, 7) is 0. The number of benzene rings is 1. The molecular formula is C19H12F15NO5. The Kier molecular flexibility index (Phi) is 9.40. The molecule has 0 heterocycles. The van der Waals surface area contributed by atoms with Crippen LogP contribution in [0.4, 0.5) is 71.5 Å². The Bertz CT molecular complexity index is 1060. The Morgan fingerprint density at radius 2 is 1.05 bits per heavy atom. The summed E-state index contributed by atoms with van der Waals surface area (Å²) < 4.78 is 203. The fourth-order valence-electron chi connectivity index (χ4n) is 3.07. The van der Waals surface area contributed by atoms with Gasteiger partial charge in [-0.05, 0) is 12.1 Å². The van der Waals surface area contributed by atoms with Crippen molar-refractivity contribution in [2.75, 3.05) is 19.1 Å². The van der Waals surface area contributed by atoms with Crippen molar-refractivity contribution >= 4 is 23.5 Å². The average Bonchev–Trinajstić information content (AvgIpc) is 2.71. The molecule has 0 saturated carbocycles. The normalized spacial score (nSPS) is 15.1. The fraction of sp³-hybridized carbons (Fsp3) is 0.526. The molecule has 228 valence electrons. The predicted octanol–water partition coefficient (Wildman–Crippen LogP) is 5.60. The molecule has 40 heavy (non-hydrogen) atoms. The lowest BCUT2D eigenvalue weighted by Gasteiger charge is -2.34. The van der Waals surface area contributed by atoms with Crippen LogP contribution in [-0.4, -0.2) is 62.9 Å². The number of anilines is 1. The highest BCUT2D eigenvalue weighted by Crippen LogP contribution is 2.48. The van der Waals surface area contributed by atoms with Gasteiger partial charge >= 0.3 is 48.4 Å². The molecule has 0 aliphatic rings. The number of ether oxygens (including phenoxy) is 2. The van der Waals surface area contributed by atoms with Crippen LogP contribution in [0.1, 0.15) is 5.56 Å². The highest BCUT2D eigenvalue weighted by molar-refractivity contribution is 5.95. The molecule has 6 nitrogen and oxygen atoms in total. The van der Waals surface area contributed by atoms with Crippen LogP contribution in [0.5, 0.6) is 0 Å². The number of esters is 2. The van der Waals surface area contributed by atoms with Crippen LogP contribution in [0.15, 0.2) is 24.3 Å². The molecule has 0 bridgehead atoms. The summed E-state index contributed by atoms with van der Waals surface area (Å²) in [7, 11) is 0.452. The third-order valence-electron chi connectivity index (χ3n) is 4.91. The van der Waals surface area contributed by atoms with Gasteiger partial charge in [0, 0.05) is 18.3 Å². The zero-order valence-corrected chi connectivity index (χ0v) is 19.1. The van der Waals surface area contributed by atoms with Crippen LogP contribution >= 0.6 is 0 Å². The zero-order chi connectivity index (χ0) is 31.9. The quantitative estimate of drug-likeness (QED) is 0.306. The Balaban J connectivity index is 3.73. The topological polar surface area (TPSA) is 72.9 Å². The second-order valence-electron chi connectivity index (χ2n) is 7.57. The van der Waals surface area contributed by atoms with E-state index in [1.807, 2.05) is 0 Å². The number of halogens is 15. The van der Waals surface area contributed by atoms with Gasteiger partial charge in [0.1, 0.15) is 0 Å². The van der Waals surface area contributed by atoms with E-state index in [9.17, 15) is 80.2 Å². The molecule has 1 aromatic carbocycles. The third-order valence-corrected chi connectivity index (χ3v) is 4.91. The number of carbonyl (C=O) groups excluding carboxylic acids is 3. The van der Waals surface area contributed by atoms with Gasteiger partial charge in [-0.2, -0.15) is 65.9 Å². The Morgan fingerprint density at radius 3 is 1.35 bits per heavy atom. The van der Waals surface area contributed by atoms with E-state index in [0.717, 1.165) is 0 Å². The number of alkyl halides is 15. The van der Waals surface area contributed by atoms with Gasteiger partial charge in [0.25, 0.3) is 0 Å². The Hall–Kier alpha value is -3.42. The minimum Gasteiger partial charge on any atom is -0.466 e. The van der Waals surface area contributed by atoms with E-state index >= 15 is 0 Å². The van der Waals surface area contributed by atoms with Gasteiger partial charge in [-0.3, -0.25) is 9.59 Å².